The average molecular weight is 290 g/mol. The van der Waals surface area contributed by atoms with Gasteiger partial charge in [0, 0.05) is 11.9 Å². The number of ether oxygens (including phenoxy) is 1. The van der Waals surface area contributed by atoms with Gasteiger partial charge in [-0.3, -0.25) is 0 Å². The number of hydrogen-bond donors (Lipinski definition) is 1. The first-order chi connectivity index (χ1) is 9.63. The summed E-state index contributed by atoms with van der Waals surface area (Å²) in [4.78, 5) is 4.58. The number of aromatic nitrogens is 1. The Bertz CT molecular complexity index is 537. The molecule has 108 valence electrons. The fraction of sp³-hybridized carbons (Fsp3) is 0.438. The molecule has 1 aromatic carbocycles. The van der Waals surface area contributed by atoms with E-state index in [9.17, 15) is 0 Å². The van der Waals surface area contributed by atoms with Gasteiger partial charge < -0.3 is 10.1 Å². The number of thiazole rings is 1. The molecule has 4 heteroatoms. The van der Waals surface area contributed by atoms with Gasteiger partial charge in [0.1, 0.15) is 17.4 Å². The van der Waals surface area contributed by atoms with Gasteiger partial charge in [-0.1, -0.05) is 26.0 Å². The molecule has 2 rings (SSSR count). The highest BCUT2D eigenvalue weighted by molar-refractivity contribution is 7.09. The molecule has 0 aliphatic rings. The van der Waals surface area contributed by atoms with Gasteiger partial charge in [0.25, 0.3) is 0 Å². The Morgan fingerprint density at radius 3 is 2.95 bits per heavy atom. The molecule has 0 saturated carbocycles. The summed E-state index contributed by atoms with van der Waals surface area (Å²) >= 11 is 1.69. The molecule has 3 nitrogen and oxygen atoms in total. The van der Waals surface area contributed by atoms with Gasteiger partial charge >= 0.3 is 0 Å². The molecular formula is C16H22N2OS. The van der Waals surface area contributed by atoms with Crippen molar-refractivity contribution in [1.82, 2.24) is 10.3 Å². The third kappa shape index (κ3) is 4.94. The van der Waals surface area contributed by atoms with Crippen LogP contribution < -0.4 is 10.1 Å². The quantitative estimate of drug-likeness (QED) is 0.842. The van der Waals surface area contributed by atoms with E-state index >= 15 is 0 Å². The number of rotatable bonds is 7. The van der Waals surface area contributed by atoms with Crippen molar-refractivity contribution in [2.45, 2.75) is 33.9 Å². The lowest BCUT2D eigenvalue weighted by molar-refractivity contribution is 0.301. The van der Waals surface area contributed by atoms with Crippen molar-refractivity contribution in [3.63, 3.8) is 0 Å². The lowest BCUT2D eigenvalue weighted by Gasteiger charge is -2.05. The molecule has 1 aromatic heterocycles. The first-order valence-electron chi connectivity index (χ1n) is 6.97. The van der Waals surface area contributed by atoms with Gasteiger partial charge in [0.15, 0.2) is 0 Å². The van der Waals surface area contributed by atoms with Crippen molar-refractivity contribution in [1.29, 1.82) is 0 Å². The summed E-state index contributed by atoms with van der Waals surface area (Å²) in [7, 11) is 0. The molecule has 0 aliphatic carbocycles. The highest BCUT2D eigenvalue weighted by Crippen LogP contribution is 2.16. The lowest BCUT2D eigenvalue weighted by atomic mass is 10.2. The van der Waals surface area contributed by atoms with Gasteiger partial charge in [0.05, 0.1) is 5.69 Å². The van der Waals surface area contributed by atoms with Crippen molar-refractivity contribution in [2.24, 2.45) is 5.92 Å². The molecule has 1 heterocycles. The van der Waals surface area contributed by atoms with E-state index in [1.165, 1.54) is 5.56 Å². The van der Waals surface area contributed by atoms with Crippen molar-refractivity contribution < 1.29 is 4.74 Å². The molecule has 0 radical (unpaired) electrons. The zero-order valence-electron chi connectivity index (χ0n) is 12.3. The van der Waals surface area contributed by atoms with E-state index in [0.29, 0.717) is 12.5 Å². The van der Waals surface area contributed by atoms with Crippen LogP contribution in [0.25, 0.3) is 0 Å². The van der Waals surface area contributed by atoms with Crippen LogP contribution in [0.15, 0.2) is 29.6 Å². The molecule has 0 bridgehead atoms. The average Bonchev–Trinajstić information content (AvgIpc) is 2.84. The smallest absolute Gasteiger partial charge is 0.131 e. The van der Waals surface area contributed by atoms with E-state index in [1.807, 2.05) is 18.2 Å². The van der Waals surface area contributed by atoms with Gasteiger partial charge in [-0.2, -0.15) is 0 Å². The van der Waals surface area contributed by atoms with Crippen LogP contribution in [-0.4, -0.2) is 11.5 Å². The molecule has 20 heavy (non-hydrogen) atoms. The van der Waals surface area contributed by atoms with Crippen LogP contribution in [0.2, 0.25) is 0 Å². The summed E-state index contributed by atoms with van der Waals surface area (Å²) in [5.74, 6) is 1.57. The Morgan fingerprint density at radius 1 is 1.35 bits per heavy atom. The van der Waals surface area contributed by atoms with Gasteiger partial charge in [-0.25, -0.2) is 4.98 Å². The number of benzene rings is 1. The van der Waals surface area contributed by atoms with Crippen LogP contribution >= 0.6 is 11.3 Å². The summed E-state index contributed by atoms with van der Waals surface area (Å²) in [6, 6.07) is 8.09. The van der Waals surface area contributed by atoms with E-state index in [0.717, 1.165) is 29.5 Å². The third-order valence-corrected chi connectivity index (χ3v) is 3.70. The largest absolute Gasteiger partial charge is 0.487 e. The molecule has 0 amide bonds. The lowest BCUT2D eigenvalue weighted by Crippen LogP contribution is -2.18. The molecule has 0 fully saturated rings. The van der Waals surface area contributed by atoms with Gasteiger partial charge in [-0.05, 0) is 37.1 Å². The monoisotopic (exact) mass is 290 g/mol. The zero-order chi connectivity index (χ0) is 14.4. The van der Waals surface area contributed by atoms with Gasteiger partial charge in [-0.15, -0.1) is 11.3 Å². The zero-order valence-corrected chi connectivity index (χ0v) is 13.2. The van der Waals surface area contributed by atoms with Crippen LogP contribution in [0.4, 0.5) is 0 Å². The number of nitrogens with one attached hydrogen (secondary N) is 1. The van der Waals surface area contributed by atoms with Crippen molar-refractivity contribution >= 4 is 11.3 Å². The number of hydrogen-bond acceptors (Lipinski definition) is 4. The first-order valence-corrected chi connectivity index (χ1v) is 7.85. The molecule has 0 aliphatic heterocycles. The fourth-order valence-electron chi connectivity index (χ4n) is 1.83. The van der Waals surface area contributed by atoms with Crippen LogP contribution in [0.1, 0.15) is 30.1 Å². The standard InChI is InChI=1S/C16H22N2OS/c1-12(2)8-17-9-16-18-14(11-20-16)10-19-15-6-4-5-13(3)7-15/h4-7,11-12,17H,8-10H2,1-3H3. The predicted molar refractivity (Wildman–Crippen MR) is 84.2 cm³/mol. The minimum Gasteiger partial charge on any atom is -0.487 e. The minimum absolute atomic E-state index is 0.532. The second-order valence-electron chi connectivity index (χ2n) is 5.36. The molecule has 2 aromatic rings. The number of aryl methyl sites for hydroxylation is 1. The Balaban J connectivity index is 1.80. The number of nitrogens with zero attached hydrogens (tertiary/aromatic N) is 1. The summed E-state index contributed by atoms with van der Waals surface area (Å²) in [5, 5.41) is 6.59. The van der Waals surface area contributed by atoms with E-state index in [1.54, 1.807) is 11.3 Å². The third-order valence-electron chi connectivity index (χ3n) is 2.80. The summed E-state index contributed by atoms with van der Waals surface area (Å²) in [6.45, 7) is 8.87. The second-order valence-corrected chi connectivity index (χ2v) is 6.31. The van der Waals surface area contributed by atoms with Gasteiger partial charge in [0.2, 0.25) is 0 Å². The van der Waals surface area contributed by atoms with Crippen LogP contribution in [-0.2, 0) is 13.2 Å². The van der Waals surface area contributed by atoms with Crippen LogP contribution in [0, 0.1) is 12.8 Å². The van der Waals surface area contributed by atoms with Crippen molar-refractivity contribution in [2.75, 3.05) is 6.54 Å². The van der Waals surface area contributed by atoms with Crippen LogP contribution in [0.5, 0.6) is 5.75 Å². The molecule has 0 unspecified atom stereocenters. The van der Waals surface area contributed by atoms with Crippen molar-refractivity contribution in [3.8, 4) is 5.75 Å². The maximum atomic E-state index is 5.75. The molecule has 0 atom stereocenters. The van der Waals surface area contributed by atoms with E-state index in [2.05, 4.69) is 42.5 Å². The Kier molecular flexibility index (Phi) is 5.56. The van der Waals surface area contributed by atoms with Crippen LogP contribution in [0.3, 0.4) is 0 Å². The minimum atomic E-state index is 0.532. The second kappa shape index (κ2) is 7.41. The van der Waals surface area contributed by atoms with Crippen molar-refractivity contribution in [3.05, 3.63) is 45.9 Å². The van der Waals surface area contributed by atoms with E-state index in [4.69, 9.17) is 4.74 Å². The predicted octanol–water partition coefficient (Wildman–Crippen LogP) is 3.78. The summed E-state index contributed by atoms with van der Waals surface area (Å²) < 4.78 is 5.75. The molecule has 1 N–H and O–H groups in total. The normalized spacial score (nSPS) is 11.0. The Morgan fingerprint density at radius 2 is 2.20 bits per heavy atom. The highest BCUT2D eigenvalue weighted by Gasteiger charge is 2.03. The first kappa shape index (κ1) is 15.0. The molecular weight excluding hydrogens is 268 g/mol. The summed E-state index contributed by atoms with van der Waals surface area (Å²) in [5.41, 5.74) is 2.21. The summed E-state index contributed by atoms with van der Waals surface area (Å²) in [6.07, 6.45) is 0. The SMILES string of the molecule is Cc1cccc(OCc2csc(CNCC(C)C)n2)c1. The fourth-order valence-corrected chi connectivity index (χ4v) is 2.57. The maximum absolute atomic E-state index is 5.75. The highest BCUT2D eigenvalue weighted by atomic mass is 32.1. The maximum Gasteiger partial charge on any atom is 0.131 e. The Hall–Kier alpha value is -1.39. The Labute approximate surface area is 125 Å². The van der Waals surface area contributed by atoms with E-state index < -0.39 is 0 Å². The molecule has 0 saturated heterocycles. The molecule has 0 spiro atoms. The topological polar surface area (TPSA) is 34.1 Å². The van der Waals surface area contributed by atoms with E-state index in [-0.39, 0.29) is 0 Å².